The SMILES string of the molecule is COc1cc(C(=O)NC[C@@H](c2ccccc2)N2CCCCCC2)ccn1. The molecule has 0 aliphatic carbocycles. The lowest BCUT2D eigenvalue weighted by Crippen LogP contribution is -2.38. The Labute approximate surface area is 155 Å². The molecule has 1 N–H and O–H groups in total. The van der Waals surface area contributed by atoms with E-state index in [1.54, 1.807) is 25.4 Å². The highest BCUT2D eigenvalue weighted by Crippen LogP contribution is 2.24. The zero-order chi connectivity index (χ0) is 18.2. The van der Waals surface area contributed by atoms with Gasteiger partial charge in [-0.3, -0.25) is 9.69 Å². The second-order valence-electron chi connectivity index (χ2n) is 6.67. The molecule has 1 amide bonds. The number of benzene rings is 1. The van der Waals surface area contributed by atoms with E-state index in [1.807, 2.05) is 6.07 Å². The molecule has 1 aromatic carbocycles. The molecule has 1 fully saturated rings. The van der Waals surface area contributed by atoms with Gasteiger partial charge in [-0.2, -0.15) is 0 Å². The summed E-state index contributed by atoms with van der Waals surface area (Å²) in [6.45, 7) is 2.75. The molecule has 0 saturated carbocycles. The van der Waals surface area contributed by atoms with Crippen molar-refractivity contribution in [3.63, 3.8) is 0 Å². The summed E-state index contributed by atoms with van der Waals surface area (Å²) in [6, 6.07) is 14.0. The number of aromatic nitrogens is 1. The van der Waals surface area contributed by atoms with Crippen molar-refractivity contribution >= 4 is 5.91 Å². The minimum Gasteiger partial charge on any atom is -0.481 e. The Bertz CT molecular complexity index is 697. The fraction of sp³-hybridized carbons (Fsp3) is 0.429. The third-order valence-electron chi connectivity index (χ3n) is 4.93. The van der Waals surface area contributed by atoms with Crippen molar-refractivity contribution in [1.29, 1.82) is 0 Å². The van der Waals surface area contributed by atoms with E-state index < -0.39 is 0 Å². The van der Waals surface area contributed by atoms with Crippen LogP contribution in [0, 0.1) is 0 Å². The van der Waals surface area contributed by atoms with Gasteiger partial charge in [-0.15, -0.1) is 0 Å². The highest BCUT2D eigenvalue weighted by Gasteiger charge is 2.22. The van der Waals surface area contributed by atoms with Gasteiger partial charge in [0.2, 0.25) is 5.88 Å². The molecular formula is C21H27N3O2. The lowest BCUT2D eigenvalue weighted by molar-refractivity contribution is 0.0932. The van der Waals surface area contributed by atoms with E-state index in [0.717, 1.165) is 13.1 Å². The molecule has 0 bridgehead atoms. The van der Waals surface area contributed by atoms with Gasteiger partial charge in [0.25, 0.3) is 5.91 Å². The second-order valence-corrected chi connectivity index (χ2v) is 6.67. The lowest BCUT2D eigenvalue weighted by atomic mass is 10.0. The van der Waals surface area contributed by atoms with Crippen molar-refractivity contribution in [3.8, 4) is 5.88 Å². The molecule has 26 heavy (non-hydrogen) atoms. The molecule has 0 radical (unpaired) electrons. The summed E-state index contributed by atoms with van der Waals surface area (Å²) >= 11 is 0. The number of rotatable bonds is 6. The van der Waals surface area contributed by atoms with Gasteiger partial charge < -0.3 is 10.1 Å². The van der Waals surface area contributed by atoms with Gasteiger partial charge in [-0.05, 0) is 37.6 Å². The van der Waals surface area contributed by atoms with Crippen LogP contribution >= 0.6 is 0 Å². The van der Waals surface area contributed by atoms with Crippen LogP contribution in [0.3, 0.4) is 0 Å². The van der Waals surface area contributed by atoms with E-state index in [0.29, 0.717) is 18.0 Å². The van der Waals surface area contributed by atoms with Crippen molar-refractivity contribution in [3.05, 3.63) is 59.8 Å². The number of likely N-dealkylation sites (tertiary alicyclic amines) is 1. The zero-order valence-electron chi connectivity index (χ0n) is 15.4. The largest absolute Gasteiger partial charge is 0.481 e. The Morgan fingerprint density at radius 2 is 1.88 bits per heavy atom. The quantitative estimate of drug-likeness (QED) is 0.864. The average Bonchev–Trinajstić information content (AvgIpc) is 2.98. The Kier molecular flexibility index (Phi) is 6.61. The smallest absolute Gasteiger partial charge is 0.251 e. The summed E-state index contributed by atoms with van der Waals surface area (Å²) in [7, 11) is 1.55. The fourth-order valence-electron chi connectivity index (χ4n) is 3.49. The maximum Gasteiger partial charge on any atom is 0.251 e. The predicted octanol–water partition coefficient (Wildman–Crippen LogP) is 3.44. The number of amides is 1. The number of carbonyl (C=O) groups excluding carboxylic acids is 1. The number of hydrogen-bond acceptors (Lipinski definition) is 4. The average molecular weight is 353 g/mol. The summed E-state index contributed by atoms with van der Waals surface area (Å²) in [6.07, 6.45) is 6.62. The van der Waals surface area contributed by atoms with Crippen LogP contribution in [0.1, 0.15) is 47.6 Å². The van der Waals surface area contributed by atoms with Gasteiger partial charge in [-0.25, -0.2) is 4.98 Å². The molecule has 1 aliphatic heterocycles. The molecular weight excluding hydrogens is 326 g/mol. The molecule has 1 aromatic heterocycles. The molecule has 2 heterocycles. The number of hydrogen-bond donors (Lipinski definition) is 1. The highest BCUT2D eigenvalue weighted by molar-refractivity contribution is 5.94. The zero-order valence-corrected chi connectivity index (χ0v) is 15.4. The number of nitrogens with zero attached hydrogens (tertiary/aromatic N) is 2. The summed E-state index contributed by atoms with van der Waals surface area (Å²) in [5.41, 5.74) is 1.82. The molecule has 5 heteroatoms. The van der Waals surface area contributed by atoms with Crippen LogP contribution < -0.4 is 10.1 Å². The minimum absolute atomic E-state index is 0.0959. The van der Waals surface area contributed by atoms with Crippen molar-refractivity contribution in [2.45, 2.75) is 31.7 Å². The third kappa shape index (κ3) is 4.82. The molecule has 5 nitrogen and oxygen atoms in total. The summed E-state index contributed by atoms with van der Waals surface area (Å²) in [5, 5.41) is 3.10. The Hall–Kier alpha value is -2.40. The van der Waals surface area contributed by atoms with Gasteiger partial charge in [0, 0.05) is 24.4 Å². The van der Waals surface area contributed by atoms with Gasteiger partial charge in [-0.1, -0.05) is 43.2 Å². The van der Waals surface area contributed by atoms with Gasteiger partial charge >= 0.3 is 0 Å². The van der Waals surface area contributed by atoms with E-state index in [-0.39, 0.29) is 11.9 Å². The molecule has 1 aliphatic rings. The fourth-order valence-corrected chi connectivity index (χ4v) is 3.49. The minimum atomic E-state index is -0.0959. The van der Waals surface area contributed by atoms with E-state index in [2.05, 4.69) is 39.5 Å². The number of pyridine rings is 1. The first-order valence-electron chi connectivity index (χ1n) is 9.35. The Balaban J connectivity index is 1.71. The maximum absolute atomic E-state index is 12.6. The molecule has 138 valence electrons. The van der Waals surface area contributed by atoms with E-state index in [1.165, 1.54) is 31.2 Å². The number of nitrogens with one attached hydrogen (secondary N) is 1. The van der Waals surface area contributed by atoms with E-state index in [4.69, 9.17) is 4.74 Å². The van der Waals surface area contributed by atoms with Crippen LogP contribution in [0.2, 0.25) is 0 Å². The van der Waals surface area contributed by atoms with Crippen LogP contribution in [0.4, 0.5) is 0 Å². The number of carbonyl (C=O) groups is 1. The van der Waals surface area contributed by atoms with Crippen LogP contribution in [0.15, 0.2) is 48.7 Å². The highest BCUT2D eigenvalue weighted by atomic mass is 16.5. The maximum atomic E-state index is 12.6. The second kappa shape index (κ2) is 9.34. The molecule has 0 unspecified atom stereocenters. The Morgan fingerprint density at radius 1 is 1.15 bits per heavy atom. The molecule has 2 aromatic rings. The van der Waals surface area contributed by atoms with Gasteiger partial charge in [0.1, 0.15) is 0 Å². The van der Waals surface area contributed by atoms with Crippen molar-refractivity contribution in [2.75, 3.05) is 26.7 Å². The van der Waals surface area contributed by atoms with E-state index >= 15 is 0 Å². The molecule has 1 saturated heterocycles. The summed E-state index contributed by atoms with van der Waals surface area (Å²) in [4.78, 5) is 19.2. The van der Waals surface area contributed by atoms with Crippen LogP contribution in [0.5, 0.6) is 5.88 Å². The standard InChI is InChI=1S/C21H27N3O2/c1-26-20-15-18(11-12-22-20)21(25)23-16-19(17-9-5-4-6-10-17)24-13-7-2-3-8-14-24/h4-6,9-12,15,19H,2-3,7-8,13-14,16H2,1H3,(H,23,25)/t19-/m0/s1. The monoisotopic (exact) mass is 353 g/mol. The summed E-state index contributed by atoms with van der Waals surface area (Å²) in [5.74, 6) is 0.353. The summed E-state index contributed by atoms with van der Waals surface area (Å²) < 4.78 is 5.11. The van der Waals surface area contributed by atoms with Crippen LogP contribution in [0.25, 0.3) is 0 Å². The molecule has 0 spiro atoms. The lowest BCUT2D eigenvalue weighted by Gasteiger charge is -2.31. The molecule has 3 rings (SSSR count). The number of ether oxygens (including phenoxy) is 1. The van der Waals surface area contributed by atoms with Gasteiger partial charge in [0.05, 0.1) is 13.2 Å². The van der Waals surface area contributed by atoms with Crippen molar-refractivity contribution in [2.24, 2.45) is 0 Å². The van der Waals surface area contributed by atoms with Crippen LogP contribution in [-0.2, 0) is 0 Å². The Morgan fingerprint density at radius 3 is 2.58 bits per heavy atom. The topological polar surface area (TPSA) is 54.5 Å². The van der Waals surface area contributed by atoms with Gasteiger partial charge in [0.15, 0.2) is 0 Å². The first-order valence-corrected chi connectivity index (χ1v) is 9.35. The normalized spacial score (nSPS) is 16.5. The van der Waals surface area contributed by atoms with Crippen molar-refractivity contribution < 1.29 is 9.53 Å². The first kappa shape index (κ1) is 18.4. The van der Waals surface area contributed by atoms with Crippen molar-refractivity contribution in [1.82, 2.24) is 15.2 Å². The molecule has 1 atom stereocenters. The number of methoxy groups -OCH3 is 1. The first-order chi connectivity index (χ1) is 12.8. The predicted molar refractivity (Wildman–Crippen MR) is 102 cm³/mol. The van der Waals surface area contributed by atoms with E-state index in [9.17, 15) is 4.79 Å². The third-order valence-corrected chi connectivity index (χ3v) is 4.93. The van der Waals surface area contributed by atoms with Crippen LogP contribution in [-0.4, -0.2) is 42.5 Å².